The number of alkyl halides is 3. The molecule has 1 atom stereocenters. The lowest BCUT2D eigenvalue weighted by Crippen LogP contribution is -2.47. The fourth-order valence-corrected chi connectivity index (χ4v) is 1.27. The standard InChI is InChI=1S/C9H12F3N3O2/c1-8(2,6(13)7(16)17)4-3-5(15-14-4)9(10,11)12/h3,6H,13H2,1-2H3,(H,14,15)(H,16,17). The van der Waals surface area contributed by atoms with Crippen molar-refractivity contribution in [3.05, 3.63) is 17.5 Å². The summed E-state index contributed by atoms with van der Waals surface area (Å²) in [5.74, 6) is -1.30. The van der Waals surface area contributed by atoms with Crippen LogP contribution in [0.1, 0.15) is 25.2 Å². The van der Waals surface area contributed by atoms with Crippen LogP contribution in [-0.2, 0) is 16.4 Å². The molecule has 1 unspecified atom stereocenters. The highest BCUT2D eigenvalue weighted by molar-refractivity contribution is 5.75. The molecule has 0 aliphatic rings. The van der Waals surface area contributed by atoms with Crippen molar-refractivity contribution >= 4 is 5.97 Å². The van der Waals surface area contributed by atoms with Crippen molar-refractivity contribution in [2.45, 2.75) is 31.5 Å². The Morgan fingerprint density at radius 1 is 1.53 bits per heavy atom. The number of carboxylic acids is 1. The van der Waals surface area contributed by atoms with Crippen LogP contribution in [0, 0.1) is 0 Å². The molecular formula is C9H12F3N3O2. The van der Waals surface area contributed by atoms with Gasteiger partial charge in [0.1, 0.15) is 11.7 Å². The first-order valence-electron chi connectivity index (χ1n) is 4.68. The number of nitrogens with one attached hydrogen (secondary N) is 1. The number of nitrogens with two attached hydrogens (primary N) is 1. The summed E-state index contributed by atoms with van der Waals surface area (Å²) in [5, 5.41) is 14.1. The molecule has 8 heteroatoms. The molecule has 5 nitrogen and oxygen atoms in total. The van der Waals surface area contributed by atoms with Crippen LogP contribution in [0.3, 0.4) is 0 Å². The van der Waals surface area contributed by atoms with Crippen LogP contribution in [0.4, 0.5) is 13.2 Å². The van der Waals surface area contributed by atoms with E-state index >= 15 is 0 Å². The highest BCUT2D eigenvalue weighted by Gasteiger charge is 2.39. The Bertz CT molecular complexity index is 425. The molecule has 1 heterocycles. The van der Waals surface area contributed by atoms with Gasteiger partial charge in [0.05, 0.1) is 5.69 Å². The minimum absolute atomic E-state index is 0.0419. The van der Waals surface area contributed by atoms with Gasteiger partial charge in [0.25, 0.3) is 0 Å². The molecule has 0 saturated heterocycles. The van der Waals surface area contributed by atoms with E-state index in [1.165, 1.54) is 13.8 Å². The highest BCUT2D eigenvalue weighted by atomic mass is 19.4. The number of halogens is 3. The zero-order valence-electron chi connectivity index (χ0n) is 9.17. The van der Waals surface area contributed by atoms with Crippen molar-refractivity contribution in [3.63, 3.8) is 0 Å². The Kier molecular flexibility index (Phi) is 3.19. The van der Waals surface area contributed by atoms with E-state index in [1.54, 1.807) is 0 Å². The molecule has 0 aromatic carbocycles. The van der Waals surface area contributed by atoms with Crippen molar-refractivity contribution in [2.75, 3.05) is 0 Å². The number of aromatic amines is 1. The molecule has 0 radical (unpaired) electrons. The predicted molar refractivity (Wildman–Crippen MR) is 52.2 cm³/mol. The summed E-state index contributed by atoms with van der Waals surface area (Å²) in [6.45, 7) is 2.84. The fourth-order valence-electron chi connectivity index (χ4n) is 1.27. The minimum Gasteiger partial charge on any atom is -0.480 e. The molecule has 0 saturated carbocycles. The topological polar surface area (TPSA) is 92.0 Å². The molecule has 0 spiro atoms. The van der Waals surface area contributed by atoms with Crippen LogP contribution < -0.4 is 5.73 Å². The van der Waals surface area contributed by atoms with Gasteiger partial charge in [-0.05, 0) is 6.07 Å². The zero-order chi connectivity index (χ0) is 13.4. The van der Waals surface area contributed by atoms with Gasteiger partial charge < -0.3 is 10.8 Å². The van der Waals surface area contributed by atoms with E-state index in [9.17, 15) is 18.0 Å². The van der Waals surface area contributed by atoms with E-state index < -0.39 is 29.3 Å². The summed E-state index contributed by atoms with van der Waals surface area (Å²) in [4.78, 5) is 10.7. The number of H-pyrrole nitrogens is 1. The van der Waals surface area contributed by atoms with Gasteiger partial charge in [-0.3, -0.25) is 9.89 Å². The van der Waals surface area contributed by atoms with Gasteiger partial charge in [-0.2, -0.15) is 18.3 Å². The number of aromatic nitrogens is 2. The van der Waals surface area contributed by atoms with E-state index in [0.29, 0.717) is 0 Å². The summed E-state index contributed by atoms with van der Waals surface area (Å²) in [6.07, 6.45) is -4.55. The van der Waals surface area contributed by atoms with Crippen molar-refractivity contribution in [2.24, 2.45) is 5.73 Å². The third-order valence-electron chi connectivity index (χ3n) is 2.59. The maximum atomic E-state index is 12.3. The Labute approximate surface area is 94.8 Å². The monoisotopic (exact) mass is 251 g/mol. The van der Waals surface area contributed by atoms with Crippen molar-refractivity contribution in [1.82, 2.24) is 10.2 Å². The van der Waals surface area contributed by atoms with Crippen LogP contribution in [0.15, 0.2) is 6.07 Å². The van der Waals surface area contributed by atoms with Crippen LogP contribution in [0.25, 0.3) is 0 Å². The number of nitrogens with zero attached hydrogens (tertiary/aromatic N) is 1. The summed E-state index contributed by atoms with van der Waals surface area (Å²) in [5.41, 5.74) is 3.14. The van der Waals surface area contributed by atoms with Gasteiger partial charge in [-0.1, -0.05) is 13.8 Å². The molecule has 0 amide bonds. The lowest BCUT2D eigenvalue weighted by atomic mass is 9.81. The third kappa shape index (κ3) is 2.57. The fraction of sp³-hybridized carbons (Fsp3) is 0.556. The molecule has 1 aromatic heterocycles. The van der Waals surface area contributed by atoms with E-state index in [2.05, 4.69) is 5.10 Å². The van der Waals surface area contributed by atoms with Crippen molar-refractivity contribution in [1.29, 1.82) is 0 Å². The summed E-state index contributed by atoms with van der Waals surface area (Å²) < 4.78 is 37.0. The average Bonchev–Trinajstić information content (AvgIpc) is 2.64. The second-order valence-electron chi connectivity index (χ2n) is 4.20. The number of hydrogen-bond donors (Lipinski definition) is 3. The first-order chi connectivity index (χ1) is 7.56. The Morgan fingerprint density at radius 3 is 2.41 bits per heavy atom. The van der Waals surface area contributed by atoms with Crippen LogP contribution in [-0.4, -0.2) is 27.3 Å². The molecule has 1 aromatic rings. The summed E-state index contributed by atoms with van der Waals surface area (Å²) in [7, 11) is 0. The number of carboxylic acid groups (broad SMARTS) is 1. The molecule has 17 heavy (non-hydrogen) atoms. The number of carbonyl (C=O) groups is 1. The molecule has 0 aliphatic heterocycles. The Morgan fingerprint density at radius 2 is 2.06 bits per heavy atom. The van der Waals surface area contributed by atoms with E-state index in [1.807, 2.05) is 5.10 Å². The molecule has 0 aliphatic carbocycles. The first kappa shape index (κ1) is 13.5. The lowest BCUT2D eigenvalue weighted by Gasteiger charge is -2.26. The molecule has 0 bridgehead atoms. The van der Waals surface area contributed by atoms with E-state index in [-0.39, 0.29) is 5.69 Å². The van der Waals surface area contributed by atoms with Crippen LogP contribution in [0.2, 0.25) is 0 Å². The quantitative estimate of drug-likeness (QED) is 0.750. The van der Waals surface area contributed by atoms with E-state index in [4.69, 9.17) is 10.8 Å². The smallest absolute Gasteiger partial charge is 0.432 e. The van der Waals surface area contributed by atoms with E-state index in [0.717, 1.165) is 6.07 Å². The number of rotatable bonds is 3. The normalized spacial score (nSPS) is 14.7. The maximum Gasteiger partial charge on any atom is 0.432 e. The number of hydrogen-bond acceptors (Lipinski definition) is 3. The van der Waals surface area contributed by atoms with Gasteiger partial charge in [-0.25, -0.2) is 0 Å². The second kappa shape index (κ2) is 4.02. The van der Waals surface area contributed by atoms with Gasteiger partial charge in [0.2, 0.25) is 0 Å². The zero-order valence-corrected chi connectivity index (χ0v) is 9.17. The van der Waals surface area contributed by atoms with Gasteiger partial charge in [-0.15, -0.1) is 0 Å². The maximum absolute atomic E-state index is 12.3. The SMILES string of the molecule is CC(C)(c1cc(C(F)(F)F)[nH]n1)C(N)C(=O)O. The highest BCUT2D eigenvalue weighted by Crippen LogP contribution is 2.32. The van der Waals surface area contributed by atoms with Crippen LogP contribution >= 0.6 is 0 Å². The van der Waals surface area contributed by atoms with Gasteiger partial charge in [0.15, 0.2) is 0 Å². The van der Waals surface area contributed by atoms with Gasteiger partial charge >= 0.3 is 12.1 Å². The molecule has 96 valence electrons. The first-order valence-corrected chi connectivity index (χ1v) is 4.68. The largest absolute Gasteiger partial charge is 0.480 e. The number of aliphatic carboxylic acids is 1. The predicted octanol–water partition coefficient (Wildman–Crippen LogP) is 1.12. The third-order valence-corrected chi connectivity index (χ3v) is 2.59. The van der Waals surface area contributed by atoms with Crippen LogP contribution in [0.5, 0.6) is 0 Å². The Hall–Kier alpha value is -1.57. The molecule has 0 fully saturated rings. The minimum atomic E-state index is -4.55. The average molecular weight is 251 g/mol. The molecule has 4 N–H and O–H groups in total. The lowest BCUT2D eigenvalue weighted by molar-refractivity contribution is -0.141. The van der Waals surface area contributed by atoms with Gasteiger partial charge in [0, 0.05) is 5.41 Å². The Balaban J connectivity index is 3.09. The summed E-state index contributed by atoms with van der Waals surface area (Å²) in [6, 6.07) is -0.574. The second-order valence-corrected chi connectivity index (χ2v) is 4.20. The summed E-state index contributed by atoms with van der Waals surface area (Å²) >= 11 is 0. The van der Waals surface area contributed by atoms with Crippen molar-refractivity contribution in [3.8, 4) is 0 Å². The molecule has 1 rings (SSSR count). The van der Waals surface area contributed by atoms with Crippen molar-refractivity contribution < 1.29 is 23.1 Å². The molecular weight excluding hydrogens is 239 g/mol.